The Kier molecular flexibility index (Phi) is 6.17. The highest BCUT2D eigenvalue weighted by Crippen LogP contribution is 2.25. The normalized spacial score (nSPS) is 17.7. The minimum atomic E-state index is 0.0206. The summed E-state index contributed by atoms with van der Waals surface area (Å²) in [5, 5.41) is 0.750. The molecule has 138 valence electrons. The van der Waals surface area contributed by atoms with Crippen molar-refractivity contribution in [3.05, 3.63) is 59.1 Å². The number of rotatable bonds is 5. The van der Waals surface area contributed by atoms with Gasteiger partial charge in [0.15, 0.2) is 0 Å². The topological polar surface area (TPSA) is 32.8 Å². The standard InChI is InChI=1S/C21H25ClN2O2/c1-23(19-6-3-7-20(13-19)26-2)21(25)17-5-4-12-24(15-17)14-16-8-10-18(22)11-9-16/h3,6-11,13,17H,4-5,12,14-15H2,1-2H3/t17-/m1/s1. The number of nitrogens with zero attached hydrogens (tertiary/aromatic N) is 2. The van der Waals surface area contributed by atoms with Crippen LogP contribution in [0.4, 0.5) is 5.69 Å². The molecule has 0 saturated carbocycles. The average molecular weight is 373 g/mol. The number of ether oxygens (including phenoxy) is 1. The molecule has 1 fully saturated rings. The van der Waals surface area contributed by atoms with E-state index in [-0.39, 0.29) is 11.8 Å². The summed E-state index contributed by atoms with van der Waals surface area (Å²) in [5.41, 5.74) is 2.09. The second-order valence-corrected chi connectivity index (χ2v) is 7.24. The van der Waals surface area contributed by atoms with Crippen molar-refractivity contribution in [3.63, 3.8) is 0 Å². The van der Waals surface area contributed by atoms with E-state index in [9.17, 15) is 4.79 Å². The Morgan fingerprint density at radius 2 is 2.04 bits per heavy atom. The van der Waals surface area contributed by atoms with Gasteiger partial charge in [0, 0.05) is 36.9 Å². The number of methoxy groups -OCH3 is 1. The largest absolute Gasteiger partial charge is 0.497 e. The first kappa shape index (κ1) is 18.7. The molecule has 0 unspecified atom stereocenters. The molecule has 4 nitrogen and oxygen atoms in total. The third kappa shape index (κ3) is 4.57. The molecule has 1 atom stereocenters. The Hall–Kier alpha value is -2.04. The summed E-state index contributed by atoms with van der Waals surface area (Å²) >= 11 is 5.96. The lowest BCUT2D eigenvalue weighted by molar-refractivity contribution is -0.123. The second-order valence-electron chi connectivity index (χ2n) is 6.80. The summed E-state index contributed by atoms with van der Waals surface area (Å²) in [6.45, 7) is 2.66. The first-order chi connectivity index (χ1) is 12.6. The lowest BCUT2D eigenvalue weighted by atomic mass is 9.96. The second kappa shape index (κ2) is 8.56. The summed E-state index contributed by atoms with van der Waals surface area (Å²) in [6, 6.07) is 15.6. The highest BCUT2D eigenvalue weighted by Gasteiger charge is 2.28. The van der Waals surface area contributed by atoms with Crippen LogP contribution < -0.4 is 9.64 Å². The number of benzene rings is 2. The van der Waals surface area contributed by atoms with Crippen molar-refractivity contribution >= 4 is 23.2 Å². The van der Waals surface area contributed by atoms with E-state index < -0.39 is 0 Å². The number of likely N-dealkylation sites (tertiary alicyclic amines) is 1. The van der Waals surface area contributed by atoms with Crippen molar-refractivity contribution in [2.75, 3.05) is 32.1 Å². The van der Waals surface area contributed by atoms with Crippen molar-refractivity contribution in [2.45, 2.75) is 19.4 Å². The Bertz CT molecular complexity index is 748. The number of hydrogen-bond acceptors (Lipinski definition) is 3. The van der Waals surface area contributed by atoms with Gasteiger partial charge in [-0.25, -0.2) is 0 Å². The fourth-order valence-corrected chi connectivity index (χ4v) is 3.59. The van der Waals surface area contributed by atoms with E-state index in [1.165, 1.54) is 5.56 Å². The van der Waals surface area contributed by atoms with Crippen LogP contribution in [-0.4, -0.2) is 38.1 Å². The molecule has 2 aromatic rings. The van der Waals surface area contributed by atoms with Gasteiger partial charge < -0.3 is 9.64 Å². The molecule has 1 aliphatic heterocycles. The van der Waals surface area contributed by atoms with Gasteiger partial charge in [0.2, 0.25) is 5.91 Å². The summed E-state index contributed by atoms with van der Waals surface area (Å²) in [5.74, 6) is 0.946. The van der Waals surface area contributed by atoms with Gasteiger partial charge in [0.05, 0.1) is 13.0 Å². The van der Waals surface area contributed by atoms with Crippen LogP contribution in [0.25, 0.3) is 0 Å². The number of amides is 1. The first-order valence-electron chi connectivity index (χ1n) is 8.95. The highest BCUT2D eigenvalue weighted by atomic mass is 35.5. The summed E-state index contributed by atoms with van der Waals surface area (Å²) in [4.78, 5) is 17.1. The van der Waals surface area contributed by atoms with Crippen LogP contribution in [0, 0.1) is 5.92 Å². The quantitative estimate of drug-likeness (QED) is 0.787. The molecular formula is C21H25ClN2O2. The molecule has 5 heteroatoms. The molecule has 0 radical (unpaired) electrons. The zero-order valence-corrected chi connectivity index (χ0v) is 16.1. The van der Waals surface area contributed by atoms with Crippen LogP contribution >= 0.6 is 11.6 Å². The van der Waals surface area contributed by atoms with Gasteiger partial charge in [-0.2, -0.15) is 0 Å². The van der Waals surface area contributed by atoms with Crippen molar-refractivity contribution < 1.29 is 9.53 Å². The van der Waals surface area contributed by atoms with Gasteiger partial charge in [-0.15, -0.1) is 0 Å². The predicted molar refractivity (Wildman–Crippen MR) is 106 cm³/mol. The van der Waals surface area contributed by atoms with E-state index in [4.69, 9.17) is 16.3 Å². The number of piperidine rings is 1. The van der Waals surface area contributed by atoms with Crippen molar-refractivity contribution in [3.8, 4) is 5.75 Å². The van der Waals surface area contributed by atoms with Crippen LogP contribution in [0.1, 0.15) is 18.4 Å². The van der Waals surface area contributed by atoms with Crippen LogP contribution in [0.15, 0.2) is 48.5 Å². The minimum absolute atomic E-state index is 0.0206. The Morgan fingerprint density at radius 3 is 2.77 bits per heavy atom. The Balaban J connectivity index is 1.64. The minimum Gasteiger partial charge on any atom is -0.497 e. The van der Waals surface area contributed by atoms with Gasteiger partial charge in [-0.05, 0) is 49.2 Å². The van der Waals surface area contributed by atoms with E-state index in [1.807, 2.05) is 43.4 Å². The number of halogens is 1. The first-order valence-corrected chi connectivity index (χ1v) is 9.33. The molecule has 1 heterocycles. The molecule has 0 spiro atoms. The number of carbonyl (C=O) groups is 1. The fourth-order valence-electron chi connectivity index (χ4n) is 3.47. The van der Waals surface area contributed by atoms with Gasteiger partial charge in [-0.3, -0.25) is 9.69 Å². The number of carbonyl (C=O) groups excluding carboxylic acids is 1. The van der Waals surface area contributed by atoms with Crippen LogP contribution in [0.3, 0.4) is 0 Å². The van der Waals surface area contributed by atoms with Gasteiger partial charge in [0.1, 0.15) is 5.75 Å². The maximum Gasteiger partial charge on any atom is 0.231 e. The van der Waals surface area contributed by atoms with E-state index in [2.05, 4.69) is 17.0 Å². The molecule has 1 saturated heterocycles. The SMILES string of the molecule is COc1cccc(N(C)C(=O)[C@@H]2CCCN(Cc3ccc(Cl)cc3)C2)c1. The molecule has 1 amide bonds. The monoisotopic (exact) mass is 372 g/mol. The van der Waals surface area contributed by atoms with Crippen molar-refractivity contribution in [1.29, 1.82) is 0 Å². The van der Waals surface area contributed by atoms with Crippen molar-refractivity contribution in [2.24, 2.45) is 5.92 Å². The predicted octanol–water partition coefficient (Wildman–Crippen LogP) is 4.22. The highest BCUT2D eigenvalue weighted by molar-refractivity contribution is 6.30. The zero-order chi connectivity index (χ0) is 18.5. The molecule has 0 aliphatic carbocycles. The average Bonchev–Trinajstić information content (AvgIpc) is 2.69. The zero-order valence-electron chi connectivity index (χ0n) is 15.3. The maximum atomic E-state index is 13.0. The van der Waals surface area contributed by atoms with Gasteiger partial charge in [0.25, 0.3) is 0 Å². The summed E-state index contributed by atoms with van der Waals surface area (Å²) < 4.78 is 5.27. The maximum absolute atomic E-state index is 13.0. The third-order valence-electron chi connectivity index (χ3n) is 4.95. The number of anilines is 1. The van der Waals surface area contributed by atoms with Gasteiger partial charge in [-0.1, -0.05) is 29.8 Å². The molecule has 3 rings (SSSR count). The molecule has 26 heavy (non-hydrogen) atoms. The van der Waals surface area contributed by atoms with E-state index in [0.29, 0.717) is 0 Å². The van der Waals surface area contributed by atoms with Crippen LogP contribution in [0.2, 0.25) is 5.02 Å². The fraction of sp³-hybridized carbons (Fsp3) is 0.381. The van der Waals surface area contributed by atoms with Crippen LogP contribution in [0.5, 0.6) is 5.75 Å². The number of hydrogen-bond donors (Lipinski definition) is 0. The molecule has 0 aromatic heterocycles. The Morgan fingerprint density at radius 1 is 1.27 bits per heavy atom. The molecule has 1 aliphatic rings. The third-order valence-corrected chi connectivity index (χ3v) is 5.20. The molecule has 2 aromatic carbocycles. The molecular weight excluding hydrogens is 348 g/mol. The molecule has 0 bridgehead atoms. The van der Waals surface area contributed by atoms with E-state index in [1.54, 1.807) is 12.0 Å². The van der Waals surface area contributed by atoms with E-state index in [0.717, 1.165) is 48.9 Å². The smallest absolute Gasteiger partial charge is 0.231 e. The van der Waals surface area contributed by atoms with Crippen LogP contribution in [-0.2, 0) is 11.3 Å². The van der Waals surface area contributed by atoms with E-state index >= 15 is 0 Å². The summed E-state index contributed by atoms with van der Waals surface area (Å²) in [6.07, 6.45) is 1.97. The van der Waals surface area contributed by atoms with Crippen molar-refractivity contribution in [1.82, 2.24) is 4.90 Å². The molecule has 0 N–H and O–H groups in total. The summed E-state index contributed by atoms with van der Waals surface area (Å²) in [7, 11) is 3.48. The Labute approximate surface area is 160 Å². The van der Waals surface area contributed by atoms with Gasteiger partial charge >= 0.3 is 0 Å². The lowest BCUT2D eigenvalue weighted by Crippen LogP contribution is -2.43. The lowest BCUT2D eigenvalue weighted by Gasteiger charge is -2.34.